The molecular formula is C52H51FN2O9. The third kappa shape index (κ3) is 8.65. The Morgan fingerprint density at radius 2 is 1.20 bits per heavy atom. The van der Waals surface area contributed by atoms with Crippen LogP contribution in [0.2, 0.25) is 0 Å². The Bertz CT molecular complexity index is 2440. The van der Waals surface area contributed by atoms with Crippen LogP contribution in [0.3, 0.4) is 0 Å². The topological polar surface area (TPSA) is 126 Å². The van der Waals surface area contributed by atoms with Crippen LogP contribution in [0.25, 0.3) is 0 Å². The lowest BCUT2D eigenvalue weighted by atomic mass is 9.67. The molecule has 0 aromatic heterocycles. The van der Waals surface area contributed by atoms with E-state index in [9.17, 15) is 19.2 Å². The first-order chi connectivity index (χ1) is 31.2. The second-order valence-electron chi connectivity index (χ2n) is 17.3. The number of alkyl halides is 1. The molecule has 2 bridgehead atoms. The molecule has 0 aliphatic carbocycles. The van der Waals surface area contributed by atoms with Gasteiger partial charge in [0.05, 0.1) is 73.9 Å². The average Bonchev–Trinajstić information content (AvgIpc) is 3.86. The Balaban J connectivity index is 1.05. The smallest absolute Gasteiger partial charge is 0.240 e. The second-order valence-corrected chi connectivity index (χ2v) is 17.3. The molecule has 64 heavy (non-hydrogen) atoms. The van der Waals surface area contributed by atoms with Crippen molar-refractivity contribution in [2.75, 3.05) is 11.5 Å². The highest BCUT2D eigenvalue weighted by molar-refractivity contribution is 6.23. The maximum Gasteiger partial charge on any atom is 0.240 e. The molecule has 11 nitrogen and oxygen atoms in total. The van der Waals surface area contributed by atoms with Crippen molar-refractivity contribution < 1.29 is 47.1 Å². The average molecular weight is 867 g/mol. The molecule has 2 amide bonds. The zero-order valence-electron chi connectivity index (χ0n) is 35.8. The van der Waals surface area contributed by atoms with Crippen LogP contribution in [0.1, 0.15) is 53.6 Å². The predicted molar refractivity (Wildman–Crippen MR) is 233 cm³/mol. The van der Waals surface area contributed by atoms with E-state index in [1.54, 1.807) is 0 Å². The summed E-state index contributed by atoms with van der Waals surface area (Å²) in [5, 5.41) is 9.52. The molecule has 4 saturated heterocycles. The zero-order chi connectivity index (χ0) is 44.3. The number of ether oxygens (including phenoxy) is 7. The van der Waals surface area contributed by atoms with Gasteiger partial charge in [0.1, 0.15) is 36.7 Å². The van der Waals surface area contributed by atoms with Gasteiger partial charge >= 0.3 is 0 Å². The van der Waals surface area contributed by atoms with Gasteiger partial charge in [0.2, 0.25) is 11.8 Å². The lowest BCUT2D eigenvalue weighted by molar-refractivity contribution is -0.342. The minimum Gasteiger partial charge on any atom is -0.374 e. The SMILES string of the molecule is CC12C[C@@H](O[C@H]3O[C@H](COCc4ccccc4)[C@@H](OCc4ccccc4)[C@H](OCc4ccccc4)[C@H]3OCc3ccccc3)C(C)(O1)[C@H]1C(=O)N(c3ccc(C#N)c(CF)c3)C(=O)[C@H]12. The normalized spacial score (nSPS) is 29.5. The summed E-state index contributed by atoms with van der Waals surface area (Å²) in [5.74, 6) is -2.65. The Labute approximate surface area is 372 Å². The number of imide groups is 1. The van der Waals surface area contributed by atoms with Crippen LogP contribution >= 0.6 is 0 Å². The molecule has 4 heterocycles. The van der Waals surface area contributed by atoms with Crippen molar-refractivity contribution in [2.24, 2.45) is 11.8 Å². The van der Waals surface area contributed by atoms with Gasteiger partial charge in [0.25, 0.3) is 0 Å². The fraction of sp³-hybridized carbons (Fsp3) is 0.365. The first-order valence-electron chi connectivity index (χ1n) is 21.8. The van der Waals surface area contributed by atoms with Gasteiger partial charge in [0.15, 0.2) is 6.29 Å². The number of fused-ring (bicyclic) bond motifs is 5. The molecule has 0 radical (unpaired) electrons. The van der Waals surface area contributed by atoms with Crippen LogP contribution < -0.4 is 4.90 Å². The molecule has 4 aliphatic rings. The number of anilines is 1. The highest BCUT2D eigenvalue weighted by Gasteiger charge is 2.76. The van der Waals surface area contributed by atoms with E-state index in [1.165, 1.54) is 18.2 Å². The van der Waals surface area contributed by atoms with Gasteiger partial charge in [-0.25, -0.2) is 9.29 Å². The van der Waals surface area contributed by atoms with E-state index < -0.39 is 78.3 Å². The number of nitrogens with zero attached hydrogens (tertiary/aromatic N) is 2. The van der Waals surface area contributed by atoms with Gasteiger partial charge in [0, 0.05) is 12.0 Å². The van der Waals surface area contributed by atoms with Crippen molar-refractivity contribution in [1.82, 2.24) is 0 Å². The van der Waals surface area contributed by atoms with Crippen LogP contribution in [0, 0.1) is 23.2 Å². The number of nitriles is 1. The van der Waals surface area contributed by atoms with Crippen molar-refractivity contribution in [2.45, 2.75) is 101 Å². The van der Waals surface area contributed by atoms with E-state index in [0.717, 1.165) is 27.2 Å². The third-order valence-corrected chi connectivity index (χ3v) is 13.0. The highest BCUT2D eigenvalue weighted by atomic mass is 19.1. The van der Waals surface area contributed by atoms with Crippen molar-refractivity contribution >= 4 is 17.5 Å². The first-order valence-corrected chi connectivity index (χ1v) is 21.8. The van der Waals surface area contributed by atoms with E-state index in [4.69, 9.17) is 33.2 Å². The fourth-order valence-corrected chi connectivity index (χ4v) is 9.89. The van der Waals surface area contributed by atoms with Gasteiger partial charge in [-0.3, -0.25) is 9.59 Å². The second kappa shape index (κ2) is 18.8. The molecule has 4 aliphatic heterocycles. The molecule has 0 spiro atoms. The number of hydrogen-bond donors (Lipinski definition) is 0. The van der Waals surface area contributed by atoms with E-state index in [1.807, 2.05) is 141 Å². The summed E-state index contributed by atoms with van der Waals surface area (Å²) in [5.41, 5.74) is 1.94. The maximum absolute atomic E-state index is 14.5. The minimum absolute atomic E-state index is 0.101. The molecule has 12 heteroatoms. The number of halogens is 1. The van der Waals surface area contributed by atoms with Gasteiger partial charge in [-0.05, 0) is 54.3 Å². The predicted octanol–water partition coefficient (Wildman–Crippen LogP) is 8.17. The summed E-state index contributed by atoms with van der Waals surface area (Å²) >= 11 is 0. The quantitative estimate of drug-likeness (QED) is 0.0846. The number of benzene rings is 5. The number of carbonyl (C=O) groups excluding carboxylic acids is 2. The number of rotatable bonds is 17. The van der Waals surface area contributed by atoms with Gasteiger partial charge < -0.3 is 33.2 Å². The first kappa shape index (κ1) is 43.6. The van der Waals surface area contributed by atoms with Crippen molar-refractivity contribution in [3.63, 3.8) is 0 Å². The highest BCUT2D eigenvalue weighted by Crippen LogP contribution is 2.62. The molecule has 5 aromatic rings. The van der Waals surface area contributed by atoms with Crippen molar-refractivity contribution in [1.29, 1.82) is 5.26 Å². The standard InChI is InChI=1S/C52H51FN2O9/c1-51-26-42(52(2,64-51)44-43(51)48(56)55(49(44)57)40-24-23-38(28-54)39(25-40)27-53)63-50-47(61-32-37-21-13-6-14-22-37)46(60-31-36-19-11-5-12-20-36)45(59-30-35-17-9-4-10-18-35)41(62-50)33-58-29-34-15-7-3-8-16-34/h3-25,41-47,50H,26-27,29-33H2,1-2H3/t41-,42-,43+,44-,45-,46+,47-,50-,51?,52?/m1/s1. The molecule has 0 N–H and O–H groups in total. The van der Waals surface area contributed by atoms with Crippen LogP contribution in [-0.4, -0.2) is 66.4 Å². The summed E-state index contributed by atoms with van der Waals surface area (Å²) in [6.07, 6.45) is -4.57. The zero-order valence-corrected chi connectivity index (χ0v) is 35.8. The Kier molecular flexibility index (Phi) is 12.8. The largest absolute Gasteiger partial charge is 0.374 e. The van der Waals surface area contributed by atoms with Gasteiger partial charge in [-0.1, -0.05) is 121 Å². The van der Waals surface area contributed by atoms with E-state index in [-0.39, 0.29) is 49.7 Å². The van der Waals surface area contributed by atoms with Crippen LogP contribution in [0.15, 0.2) is 140 Å². The molecule has 4 fully saturated rings. The van der Waals surface area contributed by atoms with Crippen molar-refractivity contribution in [3.8, 4) is 6.07 Å². The van der Waals surface area contributed by atoms with Crippen molar-refractivity contribution in [3.05, 3.63) is 173 Å². The summed E-state index contributed by atoms with van der Waals surface area (Å²) in [7, 11) is 0. The lowest BCUT2D eigenvalue weighted by Gasteiger charge is -2.47. The monoisotopic (exact) mass is 866 g/mol. The Morgan fingerprint density at radius 1 is 0.688 bits per heavy atom. The summed E-state index contributed by atoms with van der Waals surface area (Å²) < 4.78 is 61.9. The minimum atomic E-state index is -1.27. The Morgan fingerprint density at radius 3 is 1.75 bits per heavy atom. The third-order valence-electron chi connectivity index (χ3n) is 13.0. The number of hydrogen-bond acceptors (Lipinski definition) is 10. The summed E-state index contributed by atoms with van der Waals surface area (Å²) in [6.45, 7) is 3.89. The molecular weight excluding hydrogens is 816 g/mol. The number of carbonyl (C=O) groups is 2. The molecule has 0 saturated carbocycles. The van der Waals surface area contributed by atoms with E-state index >= 15 is 0 Å². The molecule has 5 aromatic carbocycles. The number of amides is 2. The molecule has 10 atom stereocenters. The van der Waals surface area contributed by atoms with E-state index in [2.05, 4.69) is 0 Å². The van der Waals surface area contributed by atoms with Crippen LogP contribution in [0.4, 0.5) is 10.1 Å². The maximum atomic E-state index is 14.5. The van der Waals surface area contributed by atoms with Crippen LogP contribution in [-0.2, 0) is 75.8 Å². The fourth-order valence-electron chi connectivity index (χ4n) is 9.89. The molecule has 330 valence electrons. The summed E-state index contributed by atoms with van der Waals surface area (Å²) in [4.78, 5) is 29.9. The lowest BCUT2D eigenvalue weighted by Crippen LogP contribution is -2.63. The molecule has 2 unspecified atom stereocenters. The van der Waals surface area contributed by atoms with E-state index in [0.29, 0.717) is 6.61 Å². The van der Waals surface area contributed by atoms with Gasteiger partial charge in [-0.15, -0.1) is 0 Å². The Hall–Kier alpha value is -5.62. The molecule has 9 rings (SSSR count). The van der Waals surface area contributed by atoms with Gasteiger partial charge in [-0.2, -0.15) is 5.26 Å². The van der Waals surface area contributed by atoms with Crippen LogP contribution in [0.5, 0.6) is 0 Å². The summed E-state index contributed by atoms with van der Waals surface area (Å²) in [6, 6.07) is 45.7.